The van der Waals surface area contributed by atoms with E-state index < -0.39 is 0 Å². The number of hydrogen-bond donors (Lipinski definition) is 1. The molecule has 1 aliphatic heterocycles. The molecule has 2 aromatic rings. The van der Waals surface area contributed by atoms with E-state index in [0.717, 1.165) is 22.8 Å². The molecule has 1 aromatic heterocycles. The van der Waals surface area contributed by atoms with E-state index in [9.17, 15) is 4.79 Å². The van der Waals surface area contributed by atoms with Gasteiger partial charge >= 0.3 is 0 Å². The van der Waals surface area contributed by atoms with Gasteiger partial charge in [-0.1, -0.05) is 24.3 Å². The number of thiazole rings is 1. The van der Waals surface area contributed by atoms with Crippen LogP contribution < -0.4 is 5.32 Å². The van der Waals surface area contributed by atoms with Crippen molar-refractivity contribution in [1.29, 1.82) is 0 Å². The molecule has 24 heavy (non-hydrogen) atoms. The lowest BCUT2D eigenvalue weighted by atomic mass is 10.1. The van der Waals surface area contributed by atoms with E-state index in [-0.39, 0.29) is 5.91 Å². The number of hydrogen-bond acceptors (Lipinski definition) is 4. The number of aryl methyl sites for hydroxylation is 1. The Bertz CT molecular complexity index is 700. The number of aromatic nitrogens is 1. The first-order valence-electron chi connectivity index (χ1n) is 8.37. The molecule has 3 rings (SSSR count). The largest absolute Gasteiger partial charge is 0.348 e. The summed E-state index contributed by atoms with van der Waals surface area (Å²) in [6, 6.07) is 8.51. The van der Waals surface area contributed by atoms with Gasteiger partial charge in [-0.15, -0.1) is 11.3 Å². The van der Waals surface area contributed by atoms with Crippen LogP contribution >= 0.6 is 11.3 Å². The molecule has 0 saturated carbocycles. The van der Waals surface area contributed by atoms with E-state index in [1.54, 1.807) is 17.4 Å². The van der Waals surface area contributed by atoms with Gasteiger partial charge in [-0.05, 0) is 50.1 Å². The zero-order valence-corrected chi connectivity index (χ0v) is 14.8. The van der Waals surface area contributed by atoms with E-state index in [4.69, 9.17) is 0 Å². The Morgan fingerprint density at radius 2 is 1.96 bits per heavy atom. The monoisotopic (exact) mass is 341 g/mol. The summed E-state index contributed by atoms with van der Waals surface area (Å²) in [5.74, 6) is -0.0956. The zero-order chi connectivity index (χ0) is 16.8. The molecule has 1 aliphatic rings. The van der Waals surface area contributed by atoms with E-state index in [0.29, 0.717) is 6.54 Å². The number of nitrogens with zero attached hydrogens (tertiary/aromatic N) is 2. The number of carbonyl (C=O) groups is 1. The standard InChI is InChI=1S/C19H23N3OS/c1-15-21-18(14-24-15)8-9-19(23)20-12-16-4-6-17(7-5-16)13-22-10-2-3-11-22/h4-9,14H,2-3,10-13H2,1H3,(H,20,23)/b9-8+. The Kier molecular flexibility index (Phi) is 5.77. The fourth-order valence-corrected chi connectivity index (χ4v) is 3.41. The van der Waals surface area contributed by atoms with Crippen LogP contribution in [0.15, 0.2) is 35.7 Å². The lowest BCUT2D eigenvalue weighted by Gasteiger charge is -2.14. The fourth-order valence-electron chi connectivity index (χ4n) is 2.83. The highest BCUT2D eigenvalue weighted by Crippen LogP contribution is 2.13. The molecule has 1 fully saturated rings. The van der Waals surface area contributed by atoms with Crippen LogP contribution in [0.5, 0.6) is 0 Å². The average molecular weight is 341 g/mol. The van der Waals surface area contributed by atoms with Gasteiger partial charge in [-0.2, -0.15) is 0 Å². The van der Waals surface area contributed by atoms with Crippen molar-refractivity contribution >= 4 is 23.3 Å². The number of likely N-dealkylation sites (tertiary alicyclic amines) is 1. The normalized spacial score (nSPS) is 15.2. The lowest BCUT2D eigenvalue weighted by molar-refractivity contribution is -0.116. The molecule has 0 aliphatic carbocycles. The van der Waals surface area contributed by atoms with Gasteiger partial charge in [-0.3, -0.25) is 9.69 Å². The van der Waals surface area contributed by atoms with Gasteiger partial charge in [0.25, 0.3) is 0 Å². The van der Waals surface area contributed by atoms with Crippen molar-refractivity contribution in [2.75, 3.05) is 13.1 Å². The summed E-state index contributed by atoms with van der Waals surface area (Å²) in [7, 11) is 0. The maximum atomic E-state index is 11.9. The minimum Gasteiger partial charge on any atom is -0.348 e. The summed E-state index contributed by atoms with van der Waals surface area (Å²) >= 11 is 1.58. The highest BCUT2D eigenvalue weighted by atomic mass is 32.1. The van der Waals surface area contributed by atoms with Crippen LogP contribution in [0.25, 0.3) is 6.08 Å². The minimum absolute atomic E-state index is 0.0956. The van der Waals surface area contributed by atoms with E-state index in [1.807, 2.05) is 12.3 Å². The molecule has 2 heterocycles. The lowest BCUT2D eigenvalue weighted by Crippen LogP contribution is -2.20. The number of carbonyl (C=O) groups excluding carboxylic acids is 1. The summed E-state index contributed by atoms with van der Waals surface area (Å²) < 4.78 is 0. The van der Waals surface area contributed by atoms with Crippen molar-refractivity contribution < 1.29 is 4.79 Å². The molecule has 1 N–H and O–H groups in total. The molecular formula is C19H23N3OS. The van der Waals surface area contributed by atoms with Crippen molar-refractivity contribution in [3.8, 4) is 0 Å². The predicted octanol–water partition coefficient (Wildman–Crippen LogP) is 3.38. The van der Waals surface area contributed by atoms with Crippen LogP contribution in [0.3, 0.4) is 0 Å². The molecule has 0 unspecified atom stereocenters. The molecule has 0 radical (unpaired) electrons. The Morgan fingerprint density at radius 3 is 2.62 bits per heavy atom. The number of nitrogens with one attached hydrogen (secondary N) is 1. The summed E-state index contributed by atoms with van der Waals surface area (Å²) in [6.07, 6.45) is 5.92. The highest BCUT2D eigenvalue weighted by Gasteiger charge is 2.11. The van der Waals surface area contributed by atoms with Crippen LogP contribution in [0, 0.1) is 6.92 Å². The van der Waals surface area contributed by atoms with Crippen molar-refractivity contribution in [2.45, 2.75) is 32.9 Å². The van der Waals surface area contributed by atoms with Crippen molar-refractivity contribution in [3.05, 3.63) is 57.6 Å². The van der Waals surface area contributed by atoms with Crippen LogP contribution in [0.4, 0.5) is 0 Å². The minimum atomic E-state index is -0.0956. The third-order valence-corrected chi connectivity index (χ3v) is 4.93. The van der Waals surface area contributed by atoms with Crippen LogP contribution in [-0.2, 0) is 17.9 Å². The first kappa shape index (κ1) is 16.9. The average Bonchev–Trinajstić information content (AvgIpc) is 3.24. The predicted molar refractivity (Wildman–Crippen MR) is 98.7 cm³/mol. The summed E-state index contributed by atoms with van der Waals surface area (Å²) in [5.41, 5.74) is 3.29. The highest BCUT2D eigenvalue weighted by molar-refractivity contribution is 7.09. The van der Waals surface area contributed by atoms with E-state index >= 15 is 0 Å². The van der Waals surface area contributed by atoms with Crippen LogP contribution in [0.1, 0.15) is 34.7 Å². The third kappa shape index (κ3) is 5.01. The first-order valence-corrected chi connectivity index (χ1v) is 9.25. The van der Waals surface area contributed by atoms with Gasteiger partial charge in [0.1, 0.15) is 0 Å². The Morgan fingerprint density at radius 1 is 1.25 bits per heavy atom. The number of amides is 1. The van der Waals surface area contributed by atoms with Gasteiger partial charge in [0.15, 0.2) is 0 Å². The fraction of sp³-hybridized carbons (Fsp3) is 0.368. The Hall–Kier alpha value is -1.98. The quantitative estimate of drug-likeness (QED) is 0.819. The molecule has 0 spiro atoms. The van der Waals surface area contributed by atoms with Gasteiger partial charge in [0.2, 0.25) is 5.91 Å². The molecule has 1 saturated heterocycles. The second kappa shape index (κ2) is 8.22. The maximum absolute atomic E-state index is 11.9. The van der Waals surface area contributed by atoms with Gasteiger partial charge in [-0.25, -0.2) is 4.98 Å². The molecule has 1 amide bonds. The molecule has 0 bridgehead atoms. The van der Waals surface area contributed by atoms with Gasteiger partial charge in [0.05, 0.1) is 10.7 Å². The van der Waals surface area contributed by atoms with Crippen molar-refractivity contribution in [1.82, 2.24) is 15.2 Å². The van der Waals surface area contributed by atoms with Gasteiger partial charge < -0.3 is 5.32 Å². The summed E-state index contributed by atoms with van der Waals surface area (Å²) in [5, 5.41) is 5.85. The number of benzene rings is 1. The first-order chi connectivity index (χ1) is 11.7. The second-order valence-electron chi connectivity index (χ2n) is 6.14. The SMILES string of the molecule is Cc1nc(/C=C/C(=O)NCc2ccc(CN3CCCC3)cc2)cs1. The molecule has 4 nitrogen and oxygen atoms in total. The molecule has 1 aromatic carbocycles. The maximum Gasteiger partial charge on any atom is 0.244 e. The summed E-state index contributed by atoms with van der Waals surface area (Å²) in [4.78, 5) is 18.7. The van der Waals surface area contributed by atoms with E-state index in [1.165, 1.54) is 37.6 Å². The van der Waals surface area contributed by atoms with Crippen LogP contribution in [0.2, 0.25) is 0 Å². The Labute approximate surface area is 147 Å². The summed E-state index contributed by atoms with van der Waals surface area (Å²) in [6.45, 7) is 5.95. The van der Waals surface area contributed by atoms with Crippen LogP contribution in [-0.4, -0.2) is 28.9 Å². The Balaban J connectivity index is 1.45. The molecular weight excluding hydrogens is 318 g/mol. The molecule has 5 heteroatoms. The third-order valence-electron chi connectivity index (χ3n) is 4.14. The van der Waals surface area contributed by atoms with Gasteiger partial charge in [0, 0.05) is 24.5 Å². The smallest absolute Gasteiger partial charge is 0.244 e. The zero-order valence-electron chi connectivity index (χ0n) is 14.0. The topological polar surface area (TPSA) is 45.2 Å². The number of rotatable bonds is 6. The van der Waals surface area contributed by atoms with Crippen molar-refractivity contribution in [2.24, 2.45) is 0 Å². The molecule has 0 atom stereocenters. The molecule has 126 valence electrons. The van der Waals surface area contributed by atoms with E-state index in [2.05, 4.69) is 39.5 Å². The van der Waals surface area contributed by atoms with Crippen molar-refractivity contribution in [3.63, 3.8) is 0 Å². The second-order valence-corrected chi connectivity index (χ2v) is 7.20.